The highest BCUT2D eigenvalue weighted by atomic mass is 35.5. The van der Waals surface area contributed by atoms with Crippen molar-refractivity contribution in [2.24, 2.45) is 0 Å². The molecule has 76 valence electrons. The van der Waals surface area contributed by atoms with E-state index in [1.807, 2.05) is 0 Å². The van der Waals surface area contributed by atoms with Crippen LogP contribution in [0.25, 0.3) is 0 Å². The van der Waals surface area contributed by atoms with E-state index in [0.29, 0.717) is 0 Å². The maximum Gasteiger partial charge on any atom is 0.353 e. The molecule has 0 saturated carbocycles. The van der Waals surface area contributed by atoms with Gasteiger partial charge >= 0.3 is 11.9 Å². The standard InChI is InChI=1S/C6H8Cl2O5/c7-6(13-8,5(11)12)3-1-2-4(9)10/h1-3H2,(H,9,10)(H,11,12). The average Bonchev–Trinajstić information content (AvgIpc) is 2.03. The third kappa shape index (κ3) is 4.31. The summed E-state index contributed by atoms with van der Waals surface area (Å²) in [5.41, 5.74) is 0. The van der Waals surface area contributed by atoms with E-state index in [0.717, 1.165) is 0 Å². The topological polar surface area (TPSA) is 83.8 Å². The smallest absolute Gasteiger partial charge is 0.353 e. The van der Waals surface area contributed by atoms with Crippen LogP contribution in [-0.4, -0.2) is 27.2 Å². The Hall–Kier alpha value is -0.520. The largest absolute Gasteiger partial charge is 0.481 e. The molecule has 0 fully saturated rings. The molecule has 0 bridgehead atoms. The molecule has 0 heterocycles. The maximum absolute atomic E-state index is 10.4. The molecule has 0 aromatic carbocycles. The zero-order valence-electron chi connectivity index (χ0n) is 6.50. The fourth-order valence-electron chi connectivity index (χ4n) is 0.645. The Labute approximate surface area is 84.4 Å². The molecule has 0 amide bonds. The second-order valence-electron chi connectivity index (χ2n) is 2.36. The van der Waals surface area contributed by atoms with E-state index in [4.69, 9.17) is 33.7 Å². The van der Waals surface area contributed by atoms with Crippen LogP contribution in [0.15, 0.2) is 0 Å². The van der Waals surface area contributed by atoms with Gasteiger partial charge in [-0.2, -0.15) is 0 Å². The van der Waals surface area contributed by atoms with E-state index in [-0.39, 0.29) is 19.3 Å². The molecule has 0 aliphatic rings. The van der Waals surface area contributed by atoms with Crippen molar-refractivity contribution in [1.29, 1.82) is 0 Å². The van der Waals surface area contributed by atoms with Crippen LogP contribution in [-0.2, 0) is 13.9 Å². The van der Waals surface area contributed by atoms with Gasteiger partial charge in [0, 0.05) is 12.8 Å². The fourth-order valence-corrected chi connectivity index (χ4v) is 0.922. The van der Waals surface area contributed by atoms with Crippen LogP contribution in [0.1, 0.15) is 19.3 Å². The van der Waals surface area contributed by atoms with Crippen molar-refractivity contribution >= 4 is 35.4 Å². The van der Waals surface area contributed by atoms with E-state index in [1.165, 1.54) is 0 Å². The lowest BCUT2D eigenvalue weighted by Crippen LogP contribution is -2.32. The zero-order valence-corrected chi connectivity index (χ0v) is 8.01. The van der Waals surface area contributed by atoms with Crippen LogP contribution < -0.4 is 0 Å². The third-order valence-electron chi connectivity index (χ3n) is 1.33. The normalized spacial score (nSPS) is 14.9. The van der Waals surface area contributed by atoms with Gasteiger partial charge in [0.25, 0.3) is 5.06 Å². The highest BCUT2D eigenvalue weighted by molar-refractivity contribution is 6.34. The molecular formula is C6H8Cl2O5. The lowest BCUT2D eigenvalue weighted by Gasteiger charge is -2.16. The van der Waals surface area contributed by atoms with Crippen molar-refractivity contribution < 1.29 is 24.1 Å². The van der Waals surface area contributed by atoms with Crippen LogP contribution in [0, 0.1) is 0 Å². The van der Waals surface area contributed by atoms with Gasteiger partial charge in [-0.1, -0.05) is 11.6 Å². The molecule has 13 heavy (non-hydrogen) atoms. The van der Waals surface area contributed by atoms with E-state index in [2.05, 4.69) is 4.29 Å². The summed E-state index contributed by atoms with van der Waals surface area (Å²) in [5.74, 6) is -2.46. The Bertz CT molecular complexity index is 207. The minimum Gasteiger partial charge on any atom is -0.481 e. The second-order valence-corrected chi connectivity index (χ2v) is 3.12. The number of hydrogen-bond donors (Lipinski definition) is 2. The molecule has 0 aliphatic carbocycles. The number of halogens is 2. The molecule has 7 heteroatoms. The summed E-state index contributed by atoms with van der Waals surface area (Å²) >= 11 is 10.3. The predicted octanol–water partition coefficient (Wildman–Crippen LogP) is 1.43. The van der Waals surface area contributed by atoms with Gasteiger partial charge < -0.3 is 10.2 Å². The lowest BCUT2D eigenvalue weighted by molar-refractivity contribution is -0.149. The van der Waals surface area contributed by atoms with Gasteiger partial charge in [-0.05, 0) is 6.42 Å². The molecule has 0 spiro atoms. The molecule has 0 rings (SSSR count). The molecule has 0 aliphatic heterocycles. The SMILES string of the molecule is O=C(O)CCCC(Cl)(OCl)C(=O)O. The van der Waals surface area contributed by atoms with Gasteiger partial charge in [0.1, 0.15) is 0 Å². The minimum atomic E-state index is -2.03. The van der Waals surface area contributed by atoms with E-state index in [1.54, 1.807) is 0 Å². The highest BCUT2D eigenvalue weighted by Gasteiger charge is 2.37. The van der Waals surface area contributed by atoms with Crippen LogP contribution in [0.4, 0.5) is 0 Å². The summed E-state index contributed by atoms with van der Waals surface area (Å²) in [6.07, 6.45) is -0.264. The van der Waals surface area contributed by atoms with E-state index < -0.39 is 17.0 Å². The van der Waals surface area contributed by atoms with Gasteiger partial charge in [-0.3, -0.25) is 4.79 Å². The summed E-state index contributed by atoms with van der Waals surface area (Å²) in [6.45, 7) is 0. The highest BCUT2D eigenvalue weighted by Crippen LogP contribution is 2.26. The first-order chi connectivity index (χ1) is 5.92. The second kappa shape index (κ2) is 5.26. The minimum absolute atomic E-state index is 0.0812. The van der Waals surface area contributed by atoms with Gasteiger partial charge in [-0.15, -0.1) is 0 Å². The van der Waals surface area contributed by atoms with Crippen LogP contribution in [0.3, 0.4) is 0 Å². The van der Waals surface area contributed by atoms with Crippen molar-refractivity contribution in [3.63, 3.8) is 0 Å². The Kier molecular flexibility index (Phi) is 5.05. The zero-order chi connectivity index (χ0) is 10.5. The average molecular weight is 231 g/mol. The Morgan fingerprint density at radius 3 is 2.23 bits per heavy atom. The number of carboxylic acid groups (broad SMARTS) is 2. The molecule has 0 saturated heterocycles. The van der Waals surface area contributed by atoms with Crippen LogP contribution in [0.5, 0.6) is 0 Å². The van der Waals surface area contributed by atoms with E-state index in [9.17, 15) is 9.59 Å². The summed E-state index contributed by atoms with van der Waals surface area (Å²) in [4.78, 5) is 20.5. The molecule has 0 aromatic heterocycles. The molecule has 2 N–H and O–H groups in total. The maximum atomic E-state index is 10.4. The molecule has 1 atom stereocenters. The number of carbonyl (C=O) groups is 2. The number of carboxylic acids is 2. The third-order valence-corrected chi connectivity index (χ3v) is 2.10. The van der Waals surface area contributed by atoms with Gasteiger partial charge in [0.05, 0.1) is 11.9 Å². The first kappa shape index (κ1) is 12.5. The summed E-state index contributed by atoms with van der Waals surface area (Å²) in [5, 5.41) is 14.7. The van der Waals surface area contributed by atoms with Gasteiger partial charge in [0.15, 0.2) is 0 Å². The van der Waals surface area contributed by atoms with Crippen molar-refractivity contribution in [2.45, 2.75) is 24.3 Å². The van der Waals surface area contributed by atoms with Crippen LogP contribution in [0.2, 0.25) is 0 Å². The van der Waals surface area contributed by atoms with Gasteiger partial charge in [0.2, 0.25) is 0 Å². The predicted molar refractivity (Wildman–Crippen MR) is 44.6 cm³/mol. The summed E-state index contributed by atoms with van der Waals surface area (Å²) in [7, 11) is 0. The first-order valence-electron chi connectivity index (χ1n) is 3.36. The van der Waals surface area contributed by atoms with Crippen molar-refractivity contribution in [3.05, 3.63) is 0 Å². The van der Waals surface area contributed by atoms with Crippen molar-refractivity contribution in [2.75, 3.05) is 0 Å². The molecular weight excluding hydrogens is 223 g/mol. The number of hydrogen-bond acceptors (Lipinski definition) is 3. The Balaban J connectivity index is 3.98. The fraction of sp³-hybridized carbons (Fsp3) is 0.667. The summed E-state index contributed by atoms with van der Waals surface area (Å²) in [6, 6.07) is 0. The number of aliphatic carboxylic acids is 2. The van der Waals surface area contributed by atoms with Crippen LogP contribution >= 0.6 is 23.5 Å². The van der Waals surface area contributed by atoms with E-state index >= 15 is 0 Å². The van der Waals surface area contributed by atoms with Crippen molar-refractivity contribution in [3.8, 4) is 0 Å². The first-order valence-corrected chi connectivity index (χ1v) is 4.05. The molecule has 5 nitrogen and oxygen atoms in total. The molecule has 1 unspecified atom stereocenters. The molecule has 0 aromatic rings. The number of rotatable bonds is 6. The summed E-state index contributed by atoms with van der Waals surface area (Å²) < 4.78 is 4.03. The van der Waals surface area contributed by atoms with Gasteiger partial charge in [-0.25, -0.2) is 9.08 Å². The Morgan fingerprint density at radius 2 is 1.92 bits per heavy atom. The quantitative estimate of drug-likeness (QED) is 0.675. The Morgan fingerprint density at radius 1 is 1.38 bits per heavy atom. The lowest BCUT2D eigenvalue weighted by atomic mass is 10.1. The monoisotopic (exact) mass is 230 g/mol. The molecule has 0 radical (unpaired) electrons. The van der Waals surface area contributed by atoms with Crippen molar-refractivity contribution in [1.82, 2.24) is 0 Å². The number of alkyl halides is 1.